The van der Waals surface area contributed by atoms with E-state index in [9.17, 15) is 9.59 Å². The summed E-state index contributed by atoms with van der Waals surface area (Å²) in [6.45, 7) is 5.83. The molecule has 1 unspecified atom stereocenters. The number of hydrogen-bond donors (Lipinski definition) is 3. The molecule has 6 heteroatoms. The molecule has 0 radical (unpaired) electrons. The molecular formula is C13H24N2O4. The number of carboxylic acids is 1. The Morgan fingerprint density at radius 1 is 1.42 bits per heavy atom. The summed E-state index contributed by atoms with van der Waals surface area (Å²) in [4.78, 5) is 22.7. The first-order chi connectivity index (χ1) is 8.99. The quantitative estimate of drug-likeness (QED) is 0.678. The van der Waals surface area contributed by atoms with Crippen molar-refractivity contribution in [2.75, 3.05) is 19.8 Å². The number of urea groups is 1. The van der Waals surface area contributed by atoms with Gasteiger partial charge in [0, 0.05) is 13.2 Å². The first-order valence-electron chi connectivity index (χ1n) is 6.84. The van der Waals surface area contributed by atoms with Gasteiger partial charge in [-0.15, -0.1) is 0 Å². The second-order valence-corrected chi connectivity index (χ2v) is 5.46. The third kappa shape index (κ3) is 6.42. The first kappa shape index (κ1) is 15.8. The summed E-state index contributed by atoms with van der Waals surface area (Å²) in [5.41, 5.74) is 0. The van der Waals surface area contributed by atoms with Crippen LogP contribution in [0.4, 0.5) is 4.79 Å². The Bertz CT molecular complexity index is 301. The standard InChI is InChI=1S/C13H24N2O4/c1-9(2)6-11(12(16)17)15-13(18)14-7-10-4-3-5-19-8-10/h9-11H,3-8H2,1-2H3,(H,16,17)(H2,14,15,18)/t10?,11-/m0/s1. The zero-order chi connectivity index (χ0) is 14.3. The van der Waals surface area contributed by atoms with Gasteiger partial charge in [0.15, 0.2) is 0 Å². The summed E-state index contributed by atoms with van der Waals surface area (Å²) in [6, 6.07) is -1.25. The third-order valence-corrected chi connectivity index (χ3v) is 3.12. The molecule has 0 spiro atoms. The lowest BCUT2D eigenvalue weighted by atomic mass is 10.0. The van der Waals surface area contributed by atoms with Crippen molar-refractivity contribution >= 4 is 12.0 Å². The number of carbonyl (C=O) groups is 2. The maximum absolute atomic E-state index is 11.7. The van der Waals surface area contributed by atoms with Gasteiger partial charge < -0.3 is 20.5 Å². The molecule has 0 bridgehead atoms. The van der Waals surface area contributed by atoms with Crippen molar-refractivity contribution in [3.63, 3.8) is 0 Å². The van der Waals surface area contributed by atoms with Crippen LogP contribution >= 0.6 is 0 Å². The van der Waals surface area contributed by atoms with Crippen LogP contribution in [0.5, 0.6) is 0 Å². The molecule has 0 saturated carbocycles. The minimum absolute atomic E-state index is 0.216. The lowest BCUT2D eigenvalue weighted by Gasteiger charge is -2.23. The molecular weight excluding hydrogens is 248 g/mol. The molecule has 0 aliphatic carbocycles. The lowest BCUT2D eigenvalue weighted by molar-refractivity contribution is -0.139. The van der Waals surface area contributed by atoms with Crippen LogP contribution in [0.25, 0.3) is 0 Å². The van der Waals surface area contributed by atoms with Crippen LogP contribution in [-0.2, 0) is 9.53 Å². The van der Waals surface area contributed by atoms with Crippen molar-refractivity contribution < 1.29 is 19.4 Å². The molecule has 1 aliphatic rings. The number of aliphatic carboxylic acids is 1. The third-order valence-electron chi connectivity index (χ3n) is 3.12. The molecule has 1 saturated heterocycles. The van der Waals surface area contributed by atoms with Crippen molar-refractivity contribution in [2.45, 2.75) is 39.2 Å². The zero-order valence-electron chi connectivity index (χ0n) is 11.6. The molecule has 1 heterocycles. The molecule has 6 nitrogen and oxygen atoms in total. The largest absolute Gasteiger partial charge is 0.480 e. The Morgan fingerprint density at radius 3 is 2.68 bits per heavy atom. The second kappa shape index (κ2) is 7.99. The van der Waals surface area contributed by atoms with E-state index in [4.69, 9.17) is 9.84 Å². The average Bonchev–Trinajstić information content (AvgIpc) is 2.36. The predicted molar refractivity (Wildman–Crippen MR) is 71.0 cm³/mol. The molecule has 0 aromatic heterocycles. The van der Waals surface area contributed by atoms with Gasteiger partial charge in [-0.05, 0) is 31.1 Å². The fourth-order valence-corrected chi connectivity index (χ4v) is 2.11. The normalized spacial score (nSPS) is 20.9. The summed E-state index contributed by atoms with van der Waals surface area (Å²) in [5, 5.41) is 14.2. The van der Waals surface area contributed by atoms with Gasteiger partial charge >= 0.3 is 12.0 Å². The van der Waals surface area contributed by atoms with Crippen LogP contribution in [0, 0.1) is 11.8 Å². The van der Waals surface area contributed by atoms with Crippen LogP contribution in [0.1, 0.15) is 33.1 Å². The van der Waals surface area contributed by atoms with Gasteiger partial charge in [-0.3, -0.25) is 0 Å². The van der Waals surface area contributed by atoms with E-state index in [-0.39, 0.29) is 5.92 Å². The van der Waals surface area contributed by atoms with E-state index in [1.54, 1.807) is 0 Å². The Kier molecular flexibility index (Phi) is 6.62. The van der Waals surface area contributed by atoms with Gasteiger partial charge in [-0.1, -0.05) is 13.8 Å². The highest BCUT2D eigenvalue weighted by Crippen LogP contribution is 2.12. The van der Waals surface area contributed by atoms with Crippen LogP contribution in [-0.4, -0.2) is 42.9 Å². The van der Waals surface area contributed by atoms with E-state index in [0.717, 1.165) is 19.4 Å². The van der Waals surface area contributed by atoms with E-state index in [1.165, 1.54) is 0 Å². The highest BCUT2D eigenvalue weighted by atomic mass is 16.5. The van der Waals surface area contributed by atoms with Crippen LogP contribution in [0.2, 0.25) is 0 Å². The molecule has 1 fully saturated rings. The molecule has 19 heavy (non-hydrogen) atoms. The maximum Gasteiger partial charge on any atom is 0.326 e. The van der Waals surface area contributed by atoms with E-state index in [1.807, 2.05) is 13.8 Å². The lowest BCUT2D eigenvalue weighted by Crippen LogP contribution is -2.48. The van der Waals surface area contributed by atoms with E-state index >= 15 is 0 Å². The van der Waals surface area contributed by atoms with Gasteiger partial charge in [0.1, 0.15) is 6.04 Å². The highest BCUT2D eigenvalue weighted by Gasteiger charge is 2.21. The number of carbonyl (C=O) groups excluding carboxylic acids is 1. The number of hydrogen-bond acceptors (Lipinski definition) is 3. The number of rotatable bonds is 6. The predicted octanol–water partition coefficient (Wildman–Crippen LogP) is 1.21. The first-order valence-corrected chi connectivity index (χ1v) is 6.84. The molecule has 2 atom stereocenters. The number of ether oxygens (including phenoxy) is 1. The van der Waals surface area contributed by atoms with Crippen molar-refractivity contribution in [3.8, 4) is 0 Å². The number of carboxylic acid groups (broad SMARTS) is 1. The van der Waals surface area contributed by atoms with E-state index in [0.29, 0.717) is 25.5 Å². The second-order valence-electron chi connectivity index (χ2n) is 5.46. The van der Waals surface area contributed by atoms with Crippen molar-refractivity contribution in [1.29, 1.82) is 0 Å². The van der Waals surface area contributed by atoms with E-state index in [2.05, 4.69) is 10.6 Å². The Balaban J connectivity index is 2.29. The van der Waals surface area contributed by atoms with Crippen molar-refractivity contribution in [3.05, 3.63) is 0 Å². The minimum Gasteiger partial charge on any atom is -0.480 e. The maximum atomic E-state index is 11.7. The number of nitrogens with one attached hydrogen (secondary N) is 2. The molecule has 0 aromatic carbocycles. The topological polar surface area (TPSA) is 87.7 Å². The fraction of sp³-hybridized carbons (Fsp3) is 0.846. The van der Waals surface area contributed by atoms with Crippen LogP contribution in [0.3, 0.4) is 0 Å². The molecule has 1 aliphatic heterocycles. The summed E-state index contributed by atoms with van der Waals surface area (Å²) in [7, 11) is 0. The monoisotopic (exact) mass is 272 g/mol. The van der Waals surface area contributed by atoms with Gasteiger partial charge in [0.25, 0.3) is 0 Å². The summed E-state index contributed by atoms with van der Waals surface area (Å²) < 4.78 is 5.32. The fourth-order valence-electron chi connectivity index (χ4n) is 2.11. The molecule has 3 N–H and O–H groups in total. The molecule has 0 aromatic rings. The van der Waals surface area contributed by atoms with Crippen LogP contribution in [0.15, 0.2) is 0 Å². The highest BCUT2D eigenvalue weighted by molar-refractivity contribution is 5.82. The average molecular weight is 272 g/mol. The van der Waals surface area contributed by atoms with Gasteiger partial charge in [-0.25, -0.2) is 9.59 Å². The number of amides is 2. The van der Waals surface area contributed by atoms with Gasteiger partial charge in [0.2, 0.25) is 0 Å². The SMILES string of the molecule is CC(C)C[C@H](NC(=O)NCC1CCCOC1)C(=O)O. The minimum atomic E-state index is -0.996. The van der Waals surface area contributed by atoms with Crippen LogP contribution < -0.4 is 10.6 Å². The zero-order valence-corrected chi connectivity index (χ0v) is 11.6. The van der Waals surface area contributed by atoms with Crippen molar-refractivity contribution in [2.24, 2.45) is 11.8 Å². The smallest absolute Gasteiger partial charge is 0.326 e. The summed E-state index contributed by atoms with van der Waals surface area (Å²) in [5.74, 6) is -0.453. The molecule has 1 rings (SSSR count). The summed E-state index contributed by atoms with van der Waals surface area (Å²) >= 11 is 0. The Labute approximate surface area is 113 Å². The van der Waals surface area contributed by atoms with E-state index < -0.39 is 18.0 Å². The molecule has 110 valence electrons. The van der Waals surface area contributed by atoms with Gasteiger partial charge in [0.05, 0.1) is 6.61 Å². The Morgan fingerprint density at radius 2 is 2.16 bits per heavy atom. The summed E-state index contributed by atoms with van der Waals surface area (Å²) in [6.07, 6.45) is 2.48. The van der Waals surface area contributed by atoms with Crippen molar-refractivity contribution in [1.82, 2.24) is 10.6 Å². The van der Waals surface area contributed by atoms with Gasteiger partial charge in [-0.2, -0.15) is 0 Å². The Hall–Kier alpha value is -1.30. The molecule has 2 amide bonds.